The van der Waals surface area contributed by atoms with Crippen LogP contribution in [0.5, 0.6) is 0 Å². The summed E-state index contributed by atoms with van der Waals surface area (Å²) in [6.07, 6.45) is 5.99. The zero-order valence-electron chi connectivity index (χ0n) is 10.4. The summed E-state index contributed by atoms with van der Waals surface area (Å²) < 4.78 is 6.24. The number of rotatable bonds is 2. The SMILES string of the molecule is CCC12CCCCC1N=C(c1ccccc1)O2. The number of hydrogen-bond donors (Lipinski definition) is 0. The number of nitrogens with zero attached hydrogens (tertiary/aromatic N) is 1. The molecular formula is C15H19NO. The van der Waals surface area contributed by atoms with Crippen LogP contribution in [0.25, 0.3) is 0 Å². The number of benzene rings is 1. The lowest BCUT2D eigenvalue weighted by Gasteiger charge is -2.36. The van der Waals surface area contributed by atoms with E-state index < -0.39 is 0 Å². The Morgan fingerprint density at radius 2 is 2.12 bits per heavy atom. The van der Waals surface area contributed by atoms with Crippen LogP contribution in [0.15, 0.2) is 35.3 Å². The highest BCUT2D eigenvalue weighted by Crippen LogP contribution is 2.41. The molecule has 2 atom stereocenters. The average molecular weight is 229 g/mol. The first-order chi connectivity index (χ1) is 8.34. The number of ether oxygens (including phenoxy) is 1. The molecule has 1 aliphatic carbocycles. The minimum atomic E-state index is 0.00340. The van der Waals surface area contributed by atoms with Crippen LogP contribution >= 0.6 is 0 Å². The summed E-state index contributed by atoms with van der Waals surface area (Å²) in [5.74, 6) is 0.861. The van der Waals surface area contributed by atoms with Crippen LogP contribution in [0.4, 0.5) is 0 Å². The third kappa shape index (κ3) is 1.76. The van der Waals surface area contributed by atoms with Crippen LogP contribution < -0.4 is 0 Å². The first-order valence-electron chi connectivity index (χ1n) is 6.66. The van der Waals surface area contributed by atoms with Crippen LogP contribution in [0.2, 0.25) is 0 Å². The molecule has 1 aromatic carbocycles. The van der Waals surface area contributed by atoms with Crippen molar-refractivity contribution in [3.8, 4) is 0 Å². The van der Waals surface area contributed by atoms with Crippen LogP contribution in [0.1, 0.15) is 44.6 Å². The van der Waals surface area contributed by atoms with Gasteiger partial charge in [0.25, 0.3) is 0 Å². The fourth-order valence-corrected chi connectivity index (χ4v) is 3.05. The Bertz CT molecular complexity index is 426. The molecule has 0 spiro atoms. The van der Waals surface area contributed by atoms with Gasteiger partial charge in [-0.1, -0.05) is 31.5 Å². The lowest BCUT2D eigenvalue weighted by atomic mass is 9.79. The highest BCUT2D eigenvalue weighted by molar-refractivity contribution is 5.95. The van der Waals surface area contributed by atoms with E-state index in [0.717, 1.165) is 24.3 Å². The Morgan fingerprint density at radius 1 is 1.29 bits per heavy atom. The summed E-state index contributed by atoms with van der Waals surface area (Å²) in [4.78, 5) is 4.82. The third-order valence-electron chi connectivity index (χ3n) is 4.13. The van der Waals surface area contributed by atoms with E-state index in [1.165, 1.54) is 19.3 Å². The van der Waals surface area contributed by atoms with E-state index in [2.05, 4.69) is 19.1 Å². The summed E-state index contributed by atoms with van der Waals surface area (Å²) in [6.45, 7) is 2.22. The maximum Gasteiger partial charge on any atom is 0.217 e. The molecule has 2 nitrogen and oxygen atoms in total. The largest absolute Gasteiger partial charge is 0.469 e. The van der Waals surface area contributed by atoms with Crippen molar-refractivity contribution in [1.82, 2.24) is 0 Å². The van der Waals surface area contributed by atoms with Gasteiger partial charge < -0.3 is 4.74 Å². The lowest BCUT2D eigenvalue weighted by Crippen LogP contribution is -2.42. The number of fused-ring (bicyclic) bond motifs is 1. The monoisotopic (exact) mass is 229 g/mol. The van der Waals surface area contributed by atoms with E-state index in [-0.39, 0.29) is 5.60 Å². The Kier molecular flexibility index (Phi) is 2.65. The molecule has 90 valence electrons. The van der Waals surface area contributed by atoms with Gasteiger partial charge in [-0.15, -0.1) is 0 Å². The lowest BCUT2D eigenvalue weighted by molar-refractivity contribution is 0.0222. The normalized spacial score (nSPS) is 31.6. The second-order valence-corrected chi connectivity index (χ2v) is 5.08. The molecular weight excluding hydrogens is 210 g/mol. The minimum Gasteiger partial charge on any atom is -0.469 e. The summed E-state index contributed by atoms with van der Waals surface area (Å²) in [5.41, 5.74) is 1.12. The average Bonchev–Trinajstić information content (AvgIpc) is 2.80. The Labute approximate surface area is 103 Å². The summed E-state index contributed by atoms with van der Waals surface area (Å²) in [7, 11) is 0. The van der Waals surface area contributed by atoms with Gasteiger partial charge in [0.2, 0.25) is 5.90 Å². The van der Waals surface area contributed by atoms with Gasteiger partial charge in [0.15, 0.2) is 0 Å². The molecule has 0 aromatic heterocycles. The number of hydrogen-bond acceptors (Lipinski definition) is 2. The van der Waals surface area contributed by atoms with E-state index in [9.17, 15) is 0 Å². The zero-order valence-corrected chi connectivity index (χ0v) is 10.4. The van der Waals surface area contributed by atoms with Crippen LogP contribution in [0.3, 0.4) is 0 Å². The van der Waals surface area contributed by atoms with E-state index in [1.54, 1.807) is 0 Å². The van der Waals surface area contributed by atoms with Crippen LogP contribution in [-0.4, -0.2) is 17.5 Å². The van der Waals surface area contributed by atoms with Gasteiger partial charge in [0, 0.05) is 5.56 Å². The van der Waals surface area contributed by atoms with Crippen molar-refractivity contribution in [2.45, 2.75) is 50.7 Å². The molecule has 1 heterocycles. The molecule has 0 bridgehead atoms. The highest BCUT2D eigenvalue weighted by Gasteiger charge is 2.46. The Morgan fingerprint density at radius 3 is 2.82 bits per heavy atom. The summed E-state index contributed by atoms with van der Waals surface area (Å²) in [5, 5.41) is 0. The molecule has 0 radical (unpaired) electrons. The molecule has 17 heavy (non-hydrogen) atoms. The van der Waals surface area contributed by atoms with E-state index >= 15 is 0 Å². The molecule has 0 saturated heterocycles. The minimum absolute atomic E-state index is 0.00340. The van der Waals surface area contributed by atoms with Crippen LogP contribution in [-0.2, 0) is 4.74 Å². The second kappa shape index (κ2) is 4.17. The fraction of sp³-hybridized carbons (Fsp3) is 0.533. The fourth-order valence-electron chi connectivity index (χ4n) is 3.05. The predicted molar refractivity (Wildman–Crippen MR) is 69.3 cm³/mol. The molecule has 0 amide bonds. The van der Waals surface area contributed by atoms with Gasteiger partial charge in [-0.05, 0) is 37.8 Å². The molecule has 2 aliphatic rings. The van der Waals surface area contributed by atoms with Crippen molar-refractivity contribution in [2.75, 3.05) is 0 Å². The Balaban J connectivity index is 1.90. The number of aliphatic imine (C=N–C) groups is 1. The van der Waals surface area contributed by atoms with Crippen molar-refractivity contribution >= 4 is 5.90 Å². The van der Waals surface area contributed by atoms with Crippen molar-refractivity contribution in [3.63, 3.8) is 0 Å². The van der Waals surface area contributed by atoms with Crippen molar-refractivity contribution in [1.29, 1.82) is 0 Å². The van der Waals surface area contributed by atoms with Gasteiger partial charge in [-0.25, -0.2) is 4.99 Å². The Hall–Kier alpha value is -1.31. The predicted octanol–water partition coefficient (Wildman–Crippen LogP) is 3.55. The van der Waals surface area contributed by atoms with Gasteiger partial charge in [0.1, 0.15) is 5.60 Å². The van der Waals surface area contributed by atoms with Crippen molar-refractivity contribution < 1.29 is 4.74 Å². The topological polar surface area (TPSA) is 21.6 Å². The first kappa shape index (κ1) is 10.8. The maximum atomic E-state index is 6.24. The third-order valence-corrected chi connectivity index (χ3v) is 4.13. The van der Waals surface area contributed by atoms with Crippen molar-refractivity contribution in [2.24, 2.45) is 4.99 Å². The molecule has 3 rings (SSSR count). The van der Waals surface area contributed by atoms with Gasteiger partial charge in [-0.2, -0.15) is 0 Å². The zero-order chi connectivity index (χ0) is 11.7. The summed E-state index contributed by atoms with van der Waals surface area (Å²) >= 11 is 0. The molecule has 1 aliphatic heterocycles. The first-order valence-corrected chi connectivity index (χ1v) is 6.66. The quantitative estimate of drug-likeness (QED) is 0.760. The van der Waals surface area contributed by atoms with Crippen molar-refractivity contribution in [3.05, 3.63) is 35.9 Å². The summed E-state index contributed by atoms with van der Waals surface area (Å²) in [6, 6.07) is 10.7. The molecule has 2 unspecified atom stereocenters. The highest BCUT2D eigenvalue weighted by atomic mass is 16.5. The van der Waals surface area contributed by atoms with E-state index in [0.29, 0.717) is 6.04 Å². The molecule has 2 heteroatoms. The smallest absolute Gasteiger partial charge is 0.217 e. The standard InChI is InChI=1S/C15H19NO/c1-2-15-11-7-6-10-13(15)16-14(17-15)12-8-4-3-5-9-12/h3-5,8-9,13H,2,6-7,10-11H2,1H3. The van der Waals surface area contributed by atoms with Crippen LogP contribution in [0, 0.1) is 0 Å². The molecule has 0 N–H and O–H groups in total. The molecule has 1 aromatic rings. The van der Waals surface area contributed by atoms with Gasteiger partial charge in [-0.3, -0.25) is 0 Å². The molecule has 1 fully saturated rings. The van der Waals surface area contributed by atoms with Gasteiger partial charge in [0.05, 0.1) is 6.04 Å². The molecule has 1 saturated carbocycles. The maximum absolute atomic E-state index is 6.24. The van der Waals surface area contributed by atoms with E-state index in [1.807, 2.05) is 18.2 Å². The second-order valence-electron chi connectivity index (χ2n) is 5.08. The van der Waals surface area contributed by atoms with E-state index in [4.69, 9.17) is 9.73 Å². The van der Waals surface area contributed by atoms with Gasteiger partial charge >= 0.3 is 0 Å².